The number of hydrogen-bond donors (Lipinski definition) is 3. The highest BCUT2D eigenvalue weighted by molar-refractivity contribution is 6.32. The van der Waals surface area contributed by atoms with Crippen LogP contribution in [0.25, 0.3) is 0 Å². The Labute approximate surface area is 266 Å². The molecule has 3 fully saturated rings. The lowest BCUT2D eigenvalue weighted by Gasteiger charge is -2.56. The third-order valence-electron chi connectivity index (χ3n) is 11.8. The largest absolute Gasteiger partial charge is 0.506 e. The SMILES string of the molecule is C[C@]12C[C@H](c3ccc(OCCCCN4CCCCC4)cc3)[C@@H]3c4ccc(O)c(Cl)c4CC[C@H]3[C@@H]1CC[C@@]2(O)CCOC(=O)O. The smallest absolute Gasteiger partial charge is 0.505 e. The van der Waals surface area contributed by atoms with E-state index in [0.29, 0.717) is 36.3 Å². The van der Waals surface area contributed by atoms with Crippen molar-refractivity contribution < 1.29 is 29.6 Å². The van der Waals surface area contributed by atoms with E-state index in [4.69, 9.17) is 26.2 Å². The fourth-order valence-electron chi connectivity index (χ4n) is 9.50. The van der Waals surface area contributed by atoms with Crippen LogP contribution in [0.2, 0.25) is 5.02 Å². The van der Waals surface area contributed by atoms with Gasteiger partial charge in [-0.25, -0.2) is 4.79 Å². The summed E-state index contributed by atoms with van der Waals surface area (Å²) in [5.74, 6) is 2.00. The fraction of sp³-hybridized carbons (Fsp3) is 0.639. The summed E-state index contributed by atoms with van der Waals surface area (Å²) < 4.78 is 11.0. The van der Waals surface area contributed by atoms with Crippen LogP contribution in [-0.2, 0) is 11.2 Å². The molecule has 44 heavy (non-hydrogen) atoms. The molecule has 1 heterocycles. The second-order valence-electron chi connectivity index (χ2n) is 14.0. The summed E-state index contributed by atoms with van der Waals surface area (Å²) in [5.41, 5.74) is 2.09. The molecule has 1 aliphatic heterocycles. The minimum absolute atomic E-state index is 0.00527. The number of rotatable bonds is 10. The Morgan fingerprint density at radius 3 is 2.57 bits per heavy atom. The highest BCUT2D eigenvalue weighted by atomic mass is 35.5. The number of unbranched alkanes of at least 4 members (excludes halogenated alkanes) is 1. The van der Waals surface area contributed by atoms with Crippen molar-refractivity contribution in [1.29, 1.82) is 0 Å². The summed E-state index contributed by atoms with van der Waals surface area (Å²) in [6, 6.07) is 12.3. The number of halogens is 1. The second kappa shape index (κ2) is 13.1. The standard InChI is InChI=1S/C36H48ClNO6/c1-35-23-29(24-7-9-25(10-8-24)43-21-6-5-20-38-18-3-2-4-19-38)32-26-13-14-31(39)33(37)27(26)11-12-28(32)30(35)15-16-36(35,42)17-22-44-34(40)41/h7-10,13-14,28-30,32,39,42H,2-6,11-12,15-23H2,1H3,(H,40,41)/t28-,29+,30-,32+,35-,36+/m0/s1. The number of fused-ring (bicyclic) bond motifs is 5. The van der Waals surface area contributed by atoms with Gasteiger partial charge in [0.1, 0.15) is 11.5 Å². The lowest BCUT2D eigenvalue weighted by molar-refractivity contribution is -0.119. The molecule has 0 spiro atoms. The number of ether oxygens (including phenoxy) is 2. The minimum atomic E-state index is -1.30. The van der Waals surface area contributed by atoms with Gasteiger partial charge < -0.3 is 29.7 Å². The van der Waals surface area contributed by atoms with Crippen LogP contribution in [-0.4, -0.2) is 64.8 Å². The van der Waals surface area contributed by atoms with Gasteiger partial charge in [0.2, 0.25) is 0 Å². The minimum Gasteiger partial charge on any atom is -0.506 e. The van der Waals surface area contributed by atoms with Crippen LogP contribution in [0.1, 0.15) is 99.7 Å². The predicted octanol–water partition coefficient (Wildman–Crippen LogP) is 7.76. The van der Waals surface area contributed by atoms with Gasteiger partial charge in [-0.05, 0) is 136 Å². The van der Waals surface area contributed by atoms with Crippen molar-refractivity contribution >= 4 is 17.8 Å². The van der Waals surface area contributed by atoms with E-state index >= 15 is 0 Å². The van der Waals surface area contributed by atoms with E-state index < -0.39 is 11.8 Å². The lowest BCUT2D eigenvalue weighted by Crippen LogP contribution is -2.53. The predicted molar refractivity (Wildman–Crippen MR) is 171 cm³/mol. The Kier molecular flexibility index (Phi) is 9.37. The average Bonchev–Trinajstić information content (AvgIpc) is 3.28. The first kappa shape index (κ1) is 31.5. The molecular formula is C36H48ClNO6. The molecule has 7 nitrogen and oxygen atoms in total. The molecule has 0 aromatic heterocycles. The highest BCUT2D eigenvalue weighted by Crippen LogP contribution is 2.68. The van der Waals surface area contributed by atoms with Gasteiger partial charge in [-0.15, -0.1) is 0 Å². The molecule has 0 unspecified atom stereocenters. The zero-order chi connectivity index (χ0) is 30.9. The normalized spacial score (nSPS) is 31.5. The molecule has 1 saturated heterocycles. The van der Waals surface area contributed by atoms with Gasteiger partial charge in [-0.2, -0.15) is 0 Å². The molecule has 6 rings (SSSR count). The molecular weight excluding hydrogens is 578 g/mol. The van der Waals surface area contributed by atoms with E-state index in [1.54, 1.807) is 6.07 Å². The van der Waals surface area contributed by atoms with Crippen molar-refractivity contribution in [1.82, 2.24) is 4.90 Å². The van der Waals surface area contributed by atoms with Crippen molar-refractivity contribution in [3.8, 4) is 11.5 Å². The van der Waals surface area contributed by atoms with Crippen LogP contribution in [0.15, 0.2) is 36.4 Å². The fourth-order valence-corrected chi connectivity index (χ4v) is 9.76. The van der Waals surface area contributed by atoms with E-state index in [9.17, 15) is 15.0 Å². The molecule has 4 aliphatic rings. The van der Waals surface area contributed by atoms with Gasteiger partial charge in [-0.1, -0.05) is 43.1 Å². The van der Waals surface area contributed by atoms with Crippen molar-refractivity contribution in [2.24, 2.45) is 17.3 Å². The summed E-state index contributed by atoms with van der Waals surface area (Å²) in [6.07, 6.45) is 9.27. The first-order valence-corrected chi connectivity index (χ1v) is 17.1. The molecule has 0 radical (unpaired) electrons. The topological polar surface area (TPSA) is 99.5 Å². The van der Waals surface area contributed by atoms with Crippen molar-refractivity contribution in [3.63, 3.8) is 0 Å². The van der Waals surface area contributed by atoms with Gasteiger partial charge in [0, 0.05) is 11.8 Å². The number of benzene rings is 2. The van der Waals surface area contributed by atoms with Crippen LogP contribution in [0.3, 0.4) is 0 Å². The van der Waals surface area contributed by atoms with E-state index in [1.807, 2.05) is 0 Å². The van der Waals surface area contributed by atoms with Crippen LogP contribution < -0.4 is 4.74 Å². The highest BCUT2D eigenvalue weighted by Gasteiger charge is 2.63. The number of piperidine rings is 1. The van der Waals surface area contributed by atoms with Gasteiger partial charge in [0.15, 0.2) is 0 Å². The first-order chi connectivity index (χ1) is 21.2. The number of hydrogen-bond acceptors (Lipinski definition) is 6. The zero-order valence-electron chi connectivity index (χ0n) is 26.0. The molecule has 3 N–H and O–H groups in total. The molecule has 6 atom stereocenters. The summed E-state index contributed by atoms with van der Waals surface area (Å²) in [5, 5.41) is 32.0. The van der Waals surface area contributed by atoms with Gasteiger partial charge in [0.25, 0.3) is 0 Å². The zero-order valence-corrected chi connectivity index (χ0v) is 26.7. The summed E-state index contributed by atoms with van der Waals surface area (Å²) >= 11 is 6.67. The van der Waals surface area contributed by atoms with E-state index in [-0.39, 0.29) is 29.6 Å². The van der Waals surface area contributed by atoms with Crippen molar-refractivity contribution in [3.05, 3.63) is 58.1 Å². The Morgan fingerprint density at radius 1 is 1.05 bits per heavy atom. The van der Waals surface area contributed by atoms with Gasteiger partial charge >= 0.3 is 6.16 Å². The third-order valence-corrected chi connectivity index (χ3v) is 12.2. The molecule has 8 heteroatoms. The molecule has 2 aromatic carbocycles. The van der Waals surface area contributed by atoms with E-state index in [1.165, 1.54) is 43.5 Å². The summed E-state index contributed by atoms with van der Waals surface area (Å²) in [4.78, 5) is 13.7. The molecule has 3 aliphatic carbocycles. The number of phenolic OH excluding ortho intramolecular Hbond substituents is 1. The molecule has 0 amide bonds. The van der Waals surface area contributed by atoms with Crippen LogP contribution in [0, 0.1) is 17.3 Å². The van der Waals surface area contributed by atoms with Crippen LogP contribution in [0.4, 0.5) is 4.79 Å². The molecule has 2 saturated carbocycles. The number of phenols is 1. The Bertz CT molecular complexity index is 1310. The maximum atomic E-state index is 12.1. The number of carbonyl (C=O) groups is 1. The molecule has 0 bridgehead atoms. The van der Waals surface area contributed by atoms with Gasteiger partial charge in [-0.3, -0.25) is 0 Å². The Balaban J connectivity index is 1.22. The maximum absolute atomic E-state index is 12.1. The summed E-state index contributed by atoms with van der Waals surface area (Å²) in [7, 11) is 0. The number of nitrogens with zero attached hydrogens (tertiary/aromatic N) is 1. The quantitative estimate of drug-likeness (QED) is 0.183. The van der Waals surface area contributed by atoms with Crippen molar-refractivity contribution in [2.45, 2.75) is 95.0 Å². The molecule has 2 aromatic rings. The van der Waals surface area contributed by atoms with E-state index in [0.717, 1.165) is 56.4 Å². The monoisotopic (exact) mass is 625 g/mol. The van der Waals surface area contributed by atoms with Crippen LogP contribution >= 0.6 is 11.6 Å². The Hall–Kier alpha value is -2.48. The lowest BCUT2D eigenvalue weighted by atomic mass is 9.49. The maximum Gasteiger partial charge on any atom is 0.505 e. The van der Waals surface area contributed by atoms with Crippen molar-refractivity contribution in [2.75, 3.05) is 32.8 Å². The number of carboxylic acid groups (broad SMARTS) is 1. The van der Waals surface area contributed by atoms with Gasteiger partial charge in [0.05, 0.1) is 23.8 Å². The number of aromatic hydroxyl groups is 1. The number of aliphatic hydroxyl groups is 1. The average molecular weight is 626 g/mol. The number of likely N-dealkylation sites (tertiary alicyclic amines) is 1. The Morgan fingerprint density at radius 2 is 1.82 bits per heavy atom. The first-order valence-electron chi connectivity index (χ1n) is 16.7. The second-order valence-corrected chi connectivity index (χ2v) is 14.4. The summed E-state index contributed by atoms with van der Waals surface area (Å²) in [6.45, 7) is 6.54. The third kappa shape index (κ3) is 6.04. The molecule has 240 valence electrons. The van der Waals surface area contributed by atoms with Crippen LogP contribution in [0.5, 0.6) is 11.5 Å². The van der Waals surface area contributed by atoms with E-state index in [2.05, 4.69) is 42.2 Å².